The molecule has 2 aromatic heterocycles. The van der Waals surface area contributed by atoms with Crippen LogP contribution in [0.5, 0.6) is 0 Å². The lowest BCUT2D eigenvalue weighted by Gasteiger charge is -2.22. The Kier molecular flexibility index (Phi) is 6.77. The number of para-hydroxylation sites is 1. The van der Waals surface area contributed by atoms with Gasteiger partial charge in [-0.15, -0.1) is 0 Å². The molecule has 0 aliphatic rings. The molecule has 1 atom stereocenters. The molecule has 0 saturated heterocycles. The summed E-state index contributed by atoms with van der Waals surface area (Å²) in [6, 6.07) is 26.1. The molecule has 3 aromatic carbocycles. The van der Waals surface area contributed by atoms with Crippen LogP contribution < -0.4 is 5.32 Å². The zero-order valence-corrected chi connectivity index (χ0v) is 21.2. The molecule has 2 N–H and O–H groups in total. The summed E-state index contributed by atoms with van der Waals surface area (Å²) in [7, 11) is 0. The number of rotatable bonds is 7. The average Bonchev–Trinajstić information content (AvgIpc) is 3.51. The van der Waals surface area contributed by atoms with E-state index in [-0.39, 0.29) is 0 Å². The number of ether oxygens (including phenoxy) is 1. The Morgan fingerprint density at radius 3 is 2.43 bits per heavy atom. The molecule has 7 nitrogen and oxygen atoms in total. The summed E-state index contributed by atoms with van der Waals surface area (Å²) in [6.07, 6.45) is 2.40. The van der Waals surface area contributed by atoms with E-state index in [1.165, 1.54) is 5.56 Å². The molecule has 0 aliphatic carbocycles. The van der Waals surface area contributed by atoms with Gasteiger partial charge in [0.05, 0.1) is 0 Å². The summed E-state index contributed by atoms with van der Waals surface area (Å²) >= 11 is 0. The molecule has 0 fully saturated rings. The average molecular weight is 495 g/mol. The monoisotopic (exact) mass is 494 g/mol. The number of aromatic nitrogens is 3. The van der Waals surface area contributed by atoms with Crippen LogP contribution in [0.25, 0.3) is 22.0 Å². The van der Waals surface area contributed by atoms with Gasteiger partial charge >= 0.3 is 6.09 Å². The Balaban J connectivity index is 1.35. The molecule has 0 aliphatic heterocycles. The molecule has 0 saturated carbocycles. The largest absolute Gasteiger partial charge is 0.444 e. The fraction of sp³-hybridized carbons (Fsp3) is 0.233. The van der Waals surface area contributed by atoms with Gasteiger partial charge in [-0.05, 0) is 49.1 Å². The third-order valence-electron chi connectivity index (χ3n) is 6.00. The lowest BCUT2D eigenvalue weighted by Crippen LogP contribution is -2.36. The number of nitrogens with one attached hydrogen (secondary N) is 2. The van der Waals surface area contributed by atoms with Gasteiger partial charge in [0.2, 0.25) is 5.89 Å². The minimum atomic E-state index is -0.624. The fourth-order valence-corrected chi connectivity index (χ4v) is 4.28. The van der Waals surface area contributed by atoms with Crippen LogP contribution in [0.2, 0.25) is 0 Å². The van der Waals surface area contributed by atoms with Crippen LogP contribution in [-0.2, 0) is 17.6 Å². The molecule has 0 spiro atoms. The maximum atomic E-state index is 12.7. The number of hydrogen-bond donors (Lipinski definition) is 2. The predicted molar refractivity (Wildman–Crippen MR) is 143 cm³/mol. The van der Waals surface area contributed by atoms with Crippen molar-refractivity contribution in [2.45, 2.75) is 45.3 Å². The Hall–Kier alpha value is -4.39. The molecule has 2 heterocycles. The number of carbonyl (C=O) groups excluding carboxylic acids is 1. The molecule has 0 bridgehead atoms. The third-order valence-corrected chi connectivity index (χ3v) is 6.00. The molecule has 5 aromatic rings. The van der Waals surface area contributed by atoms with Gasteiger partial charge in [-0.25, -0.2) is 4.79 Å². The van der Waals surface area contributed by atoms with Crippen molar-refractivity contribution in [2.75, 3.05) is 0 Å². The third kappa shape index (κ3) is 6.06. The molecular weight excluding hydrogens is 464 g/mol. The van der Waals surface area contributed by atoms with E-state index >= 15 is 0 Å². The highest BCUT2D eigenvalue weighted by Crippen LogP contribution is 2.25. The number of benzene rings is 3. The van der Waals surface area contributed by atoms with Gasteiger partial charge in [-0.3, -0.25) is 0 Å². The standard InChI is InChI=1S/C30H30N4O3/c1-30(2,3)36-29(35)32-26(18-23-19-31-25-12-8-7-11-24(23)25)28-33-27(34-37-28)17-20-13-15-22(16-14-20)21-9-5-4-6-10-21/h4-16,19,26,31H,17-18H2,1-3H3,(H,32,35). The molecular formula is C30H30N4O3. The molecule has 1 unspecified atom stereocenters. The molecule has 188 valence electrons. The molecule has 1 amide bonds. The van der Waals surface area contributed by atoms with Crippen LogP contribution in [-0.4, -0.2) is 26.8 Å². The van der Waals surface area contributed by atoms with Gasteiger partial charge in [-0.1, -0.05) is 78.0 Å². The van der Waals surface area contributed by atoms with Crippen molar-refractivity contribution >= 4 is 17.0 Å². The number of fused-ring (bicyclic) bond motifs is 1. The fourth-order valence-electron chi connectivity index (χ4n) is 4.28. The number of carbonyl (C=O) groups is 1. The first-order valence-corrected chi connectivity index (χ1v) is 12.4. The second-order valence-corrected chi connectivity index (χ2v) is 10.1. The number of amides is 1. The van der Waals surface area contributed by atoms with Gasteiger partial charge in [0.15, 0.2) is 5.82 Å². The number of nitrogens with zero attached hydrogens (tertiary/aromatic N) is 2. The van der Waals surface area contributed by atoms with Crippen LogP contribution in [0.1, 0.15) is 49.7 Å². The predicted octanol–water partition coefficient (Wildman–Crippen LogP) is 6.62. The van der Waals surface area contributed by atoms with Crippen molar-refractivity contribution in [1.29, 1.82) is 0 Å². The van der Waals surface area contributed by atoms with Crippen molar-refractivity contribution in [3.05, 3.63) is 108 Å². The Morgan fingerprint density at radius 2 is 1.68 bits per heavy atom. The SMILES string of the molecule is CC(C)(C)OC(=O)NC(Cc1c[nH]c2ccccc12)c1nc(Cc2ccc(-c3ccccc3)cc2)no1. The van der Waals surface area contributed by atoms with Crippen molar-refractivity contribution in [3.8, 4) is 11.1 Å². The van der Waals surface area contributed by atoms with Gasteiger partial charge in [0, 0.05) is 29.9 Å². The van der Waals surface area contributed by atoms with E-state index in [2.05, 4.69) is 56.8 Å². The zero-order valence-electron chi connectivity index (χ0n) is 21.2. The molecule has 7 heteroatoms. The van der Waals surface area contributed by atoms with Crippen molar-refractivity contribution < 1.29 is 14.1 Å². The second kappa shape index (κ2) is 10.3. The Morgan fingerprint density at radius 1 is 0.973 bits per heavy atom. The summed E-state index contributed by atoms with van der Waals surface area (Å²) in [5.41, 5.74) is 4.83. The van der Waals surface area contributed by atoms with Crippen LogP contribution in [0.4, 0.5) is 4.79 Å². The van der Waals surface area contributed by atoms with Crippen molar-refractivity contribution in [3.63, 3.8) is 0 Å². The van der Waals surface area contributed by atoms with E-state index in [9.17, 15) is 4.79 Å². The Bertz CT molecular complexity index is 1480. The molecule has 5 rings (SSSR count). The first-order valence-electron chi connectivity index (χ1n) is 12.4. The smallest absolute Gasteiger partial charge is 0.408 e. The quantitative estimate of drug-likeness (QED) is 0.265. The van der Waals surface area contributed by atoms with E-state index in [0.29, 0.717) is 24.6 Å². The summed E-state index contributed by atoms with van der Waals surface area (Å²) in [5.74, 6) is 0.893. The first kappa shape index (κ1) is 24.3. The van der Waals surface area contributed by atoms with E-state index in [1.807, 2.05) is 69.4 Å². The summed E-state index contributed by atoms with van der Waals surface area (Å²) in [5, 5.41) is 8.21. The van der Waals surface area contributed by atoms with Crippen LogP contribution in [0.3, 0.4) is 0 Å². The van der Waals surface area contributed by atoms with Gasteiger partial charge in [0.25, 0.3) is 0 Å². The minimum absolute atomic E-state index is 0.340. The van der Waals surface area contributed by atoms with Crippen molar-refractivity contribution in [1.82, 2.24) is 20.4 Å². The van der Waals surface area contributed by atoms with E-state index in [0.717, 1.165) is 27.6 Å². The first-order chi connectivity index (χ1) is 17.8. The number of H-pyrrole nitrogens is 1. The topological polar surface area (TPSA) is 93.0 Å². The van der Waals surface area contributed by atoms with Crippen LogP contribution >= 0.6 is 0 Å². The van der Waals surface area contributed by atoms with Crippen LogP contribution in [0.15, 0.2) is 89.6 Å². The normalized spacial score (nSPS) is 12.4. The molecule has 0 radical (unpaired) electrons. The number of hydrogen-bond acceptors (Lipinski definition) is 5. The van der Waals surface area contributed by atoms with Crippen molar-refractivity contribution in [2.24, 2.45) is 0 Å². The summed E-state index contributed by atoms with van der Waals surface area (Å²) < 4.78 is 11.1. The second-order valence-electron chi connectivity index (χ2n) is 10.1. The lowest BCUT2D eigenvalue weighted by atomic mass is 10.0. The van der Waals surface area contributed by atoms with Crippen LogP contribution in [0, 0.1) is 0 Å². The van der Waals surface area contributed by atoms with E-state index in [1.54, 1.807) is 0 Å². The lowest BCUT2D eigenvalue weighted by molar-refractivity contribution is 0.0493. The van der Waals surface area contributed by atoms with Gasteiger partial charge < -0.3 is 19.6 Å². The summed E-state index contributed by atoms with van der Waals surface area (Å²) in [4.78, 5) is 20.6. The maximum absolute atomic E-state index is 12.7. The highest BCUT2D eigenvalue weighted by atomic mass is 16.6. The minimum Gasteiger partial charge on any atom is -0.444 e. The van der Waals surface area contributed by atoms with E-state index in [4.69, 9.17) is 9.26 Å². The van der Waals surface area contributed by atoms with Gasteiger partial charge in [0.1, 0.15) is 11.6 Å². The van der Waals surface area contributed by atoms with E-state index < -0.39 is 17.7 Å². The zero-order chi connectivity index (χ0) is 25.8. The molecule has 37 heavy (non-hydrogen) atoms. The highest BCUT2D eigenvalue weighted by molar-refractivity contribution is 5.83. The summed E-state index contributed by atoms with van der Waals surface area (Å²) in [6.45, 7) is 5.49. The highest BCUT2D eigenvalue weighted by Gasteiger charge is 2.26. The number of aromatic amines is 1. The Labute approximate surface area is 215 Å². The maximum Gasteiger partial charge on any atom is 0.408 e. The van der Waals surface area contributed by atoms with Gasteiger partial charge in [-0.2, -0.15) is 4.98 Å². The number of alkyl carbamates (subject to hydrolysis) is 1.